The predicted octanol–water partition coefficient (Wildman–Crippen LogP) is 4.18. The number of thioether (sulfide) groups is 1. The molecule has 0 spiro atoms. The fourth-order valence-corrected chi connectivity index (χ4v) is 3.43. The summed E-state index contributed by atoms with van der Waals surface area (Å²) in [5.74, 6) is -0.385. The SMILES string of the molecule is O=C(CSc1ncc(-c2ccc(F)cc2)[nH]1)Nc1cc(Cl)ccc1-n1cncn1. The van der Waals surface area contributed by atoms with Gasteiger partial charge in [0.2, 0.25) is 5.91 Å². The Balaban J connectivity index is 1.41. The zero-order valence-corrected chi connectivity index (χ0v) is 16.4. The molecule has 0 aliphatic rings. The van der Waals surface area contributed by atoms with Crippen LogP contribution in [0.15, 0.2) is 66.5 Å². The van der Waals surface area contributed by atoms with Gasteiger partial charge in [0.15, 0.2) is 5.16 Å². The molecule has 0 fully saturated rings. The number of imidazole rings is 1. The first-order valence-electron chi connectivity index (χ1n) is 8.46. The lowest BCUT2D eigenvalue weighted by atomic mass is 10.2. The quantitative estimate of drug-likeness (QED) is 0.450. The zero-order chi connectivity index (χ0) is 20.2. The monoisotopic (exact) mass is 428 g/mol. The minimum atomic E-state index is -0.300. The second kappa shape index (κ2) is 8.46. The number of nitrogens with one attached hydrogen (secondary N) is 2. The number of rotatable bonds is 6. The first-order chi connectivity index (χ1) is 14.1. The number of nitrogens with zero attached hydrogens (tertiary/aromatic N) is 4. The Morgan fingerprint density at radius 1 is 1.24 bits per heavy atom. The van der Waals surface area contributed by atoms with E-state index in [9.17, 15) is 9.18 Å². The summed E-state index contributed by atoms with van der Waals surface area (Å²) in [6.45, 7) is 0. The number of benzene rings is 2. The van der Waals surface area contributed by atoms with Gasteiger partial charge in [-0.05, 0) is 48.0 Å². The van der Waals surface area contributed by atoms with Crippen molar-refractivity contribution < 1.29 is 9.18 Å². The molecule has 2 aromatic carbocycles. The summed E-state index contributed by atoms with van der Waals surface area (Å²) < 4.78 is 14.6. The van der Waals surface area contributed by atoms with E-state index in [1.165, 1.54) is 36.5 Å². The van der Waals surface area contributed by atoms with Gasteiger partial charge >= 0.3 is 0 Å². The number of aromatic amines is 1. The van der Waals surface area contributed by atoms with E-state index in [1.807, 2.05) is 0 Å². The summed E-state index contributed by atoms with van der Waals surface area (Å²) in [6.07, 6.45) is 4.59. The summed E-state index contributed by atoms with van der Waals surface area (Å²) in [7, 11) is 0. The Hall–Kier alpha value is -3.17. The molecule has 10 heteroatoms. The van der Waals surface area contributed by atoms with Gasteiger partial charge in [-0.3, -0.25) is 4.79 Å². The van der Waals surface area contributed by atoms with E-state index < -0.39 is 0 Å². The van der Waals surface area contributed by atoms with Crippen LogP contribution >= 0.6 is 23.4 Å². The van der Waals surface area contributed by atoms with Gasteiger partial charge < -0.3 is 10.3 Å². The molecular formula is C19H14ClFN6OS. The van der Waals surface area contributed by atoms with Gasteiger partial charge in [0, 0.05) is 5.02 Å². The first kappa shape index (κ1) is 19.2. The summed E-state index contributed by atoms with van der Waals surface area (Å²) in [4.78, 5) is 23.7. The average molecular weight is 429 g/mol. The van der Waals surface area contributed by atoms with Crippen molar-refractivity contribution in [2.75, 3.05) is 11.1 Å². The highest BCUT2D eigenvalue weighted by Gasteiger charge is 2.12. The lowest BCUT2D eigenvalue weighted by Gasteiger charge is -2.11. The molecule has 2 heterocycles. The van der Waals surface area contributed by atoms with E-state index in [-0.39, 0.29) is 17.5 Å². The average Bonchev–Trinajstić information content (AvgIpc) is 3.39. The third kappa shape index (κ3) is 4.64. The fraction of sp³-hybridized carbons (Fsp3) is 0.0526. The molecular weight excluding hydrogens is 415 g/mol. The van der Waals surface area contributed by atoms with Crippen molar-refractivity contribution in [1.82, 2.24) is 24.7 Å². The van der Waals surface area contributed by atoms with Crippen molar-refractivity contribution in [2.45, 2.75) is 5.16 Å². The molecule has 0 saturated carbocycles. The number of H-pyrrole nitrogens is 1. The largest absolute Gasteiger partial charge is 0.333 e. The first-order valence-corrected chi connectivity index (χ1v) is 9.83. The van der Waals surface area contributed by atoms with Gasteiger partial charge in [0.25, 0.3) is 0 Å². The molecule has 4 aromatic rings. The van der Waals surface area contributed by atoms with Crippen LogP contribution in [0.4, 0.5) is 10.1 Å². The molecule has 0 aliphatic heterocycles. The Morgan fingerprint density at radius 3 is 2.83 bits per heavy atom. The maximum absolute atomic E-state index is 13.0. The van der Waals surface area contributed by atoms with E-state index in [0.29, 0.717) is 21.6 Å². The Morgan fingerprint density at radius 2 is 2.07 bits per heavy atom. The molecule has 4 rings (SSSR count). The lowest BCUT2D eigenvalue weighted by Crippen LogP contribution is -2.16. The van der Waals surface area contributed by atoms with Crippen LogP contribution in [0.5, 0.6) is 0 Å². The zero-order valence-electron chi connectivity index (χ0n) is 14.8. The van der Waals surface area contributed by atoms with Gasteiger partial charge in [0.05, 0.1) is 29.0 Å². The number of halogens is 2. The molecule has 29 heavy (non-hydrogen) atoms. The molecule has 2 aromatic heterocycles. The lowest BCUT2D eigenvalue weighted by molar-refractivity contribution is -0.113. The van der Waals surface area contributed by atoms with Gasteiger partial charge in [-0.2, -0.15) is 5.10 Å². The van der Waals surface area contributed by atoms with Crippen molar-refractivity contribution in [3.63, 3.8) is 0 Å². The topological polar surface area (TPSA) is 88.5 Å². The standard InChI is InChI=1S/C19H14ClFN6OS/c20-13-3-6-17(27-11-22-10-24-27)15(7-13)25-18(28)9-29-19-23-8-16(26-19)12-1-4-14(21)5-2-12/h1-8,10-11H,9H2,(H,23,26)(H,25,28). The molecule has 1 amide bonds. The fourth-order valence-electron chi connectivity index (χ4n) is 2.61. The number of hydrogen-bond donors (Lipinski definition) is 2. The Kier molecular flexibility index (Phi) is 5.59. The van der Waals surface area contributed by atoms with Crippen molar-refractivity contribution in [3.8, 4) is 16.9 Å². The van der Waals surface area contributed by atoms with Crippen molar-refractivity contribution in [3.05, 3.63) is 72.2 Å². The van der Waals surface area contributed by atoms with Crippen molar-refractivity contribution in [1.29, 1.82) is 0 Å². The van der Waals surface area contributed by atoms with Crippen molar-refractivity contribution >= 4 is 35.0 Å². The van der Waals surface area contributed by atoms with E-state index in [1.54, 1.807) is 41.2 Å². The van der Waals surface area contributed by atoms with E-state index in [4.69, 9.17) is 11.6 Å². The van der Waals surface area contributed by atoms with Gasteiger partial charge in [-0.1, -0.05) is 23.4 Å². The molecule has 2 N–H and O–H groups in total. The molecule has 0 saturated heterocycles. The number of amides is 1. The molecule has 7 nitrogen and oxygen atoms in total. The van der Waals surface area contributed by atoms with Crippen LogP contribution in [-0.4, -0.2) is 36.4 Å². The molecule has 146 valence electrons. The summed E-state index contributed by atoms with van der Waals surface area (Å²) >= 11 is 7.32. The molecule has 0 bridgehead atoms. The highest BCUT2D eigenvalue weighted by atomic mass is 35.5. The van der Waals surface area contributed by atoms with Crippen LogP contribution in [0, 0.1) is 5.82 Å². The predicted molar refractivity (Wildman–Crippen MR) is 110 cm³/mol. The van der Waals surface area contributed by atoms with Crippen LogP contribution in [0.1, 0.15) is 0 Å². The molecule has 0 aliphatic carbocycles. The molecule has 0 radical (unpaired) electrons. The second-order valence-corrected chi connectivity index (χ2v) is 7.35. The maximum atomic E-state index is 13.0. The summed E-state index contributed by atoms with van der Waals surface area (Å²) in [6, 6.07) is 11.2. The van der Waals surface area contributed by atoms with E-state index >= 15 is 0 Å². The highest BCUT2D eigenvalue weighted by molar-refractivity contribution is 7.99. The number of carbonyl (C=O) groups is 1. The number of carbonyl (C=O) groups excluding carboxylic acids is 1. The second-order valence-electron chi connectivity index (χ2n) is 5.95. The van der Waals surface area contributed by atoms with Crippen LogP contribution in [0.3, 0.4) is 0 Å². The normalized spacial score (nSPS) is 10.8. The smallest absolute Gasteiger partial charge is 0.234 e. The van der Waals surface area contributed by atoms with Gasteiger partial charge in [-0.15, -0.1) is 0 Å². The Bertz CT molecular complexity index is 1130. The van der Waals surface area contributed by atoms with Crippen molar-refractivity contribution in [2.24, 2.45) is 0 Å². The molecule has 0 unspecified atom stereocenters. The third-order valence-corrected chi connectivity index (χ3v) is 5.07. The Labute approximate surface area is 174 Å². The van der Waals surface area contributed by atoms with Gasteiger partial charge in [0.1, 0.15) is 18.5 Å². The molecule has 0 atom stereocenters. The van der Waals surface area contributed by atoms with Crippen LogP contribution in [-0.2, 0) is 4.79 Å². The number of hydrogen-bond acceptors (Lipinski definition) is 5. The van der Waals surface area contributed by atoms with Crippen LogP contribution in [0.2, 0.25) is 5.02 Å². The van der Waals surface area contributed by atoms with Crippen LogP contribution < -0.4 is 5.32 Å². The van der Waals surface area contributed by atoms with E-state index in [0.717, 1.165) is 11.3 Å². The van der Waals surface area contributed by atoms with Gasteiger partial charge in [-0.25, -0.2) is 19.0 Å². The maximum Gasteiger partial charge on any atom is 0.234 e. The summed E-state index contributed by atoms with van der Waals surface area (Å²) in [5.41, 5.74) is 2.74. The number of anilines is 1. The summed E-state index contributed by atoms with van der Waals surface area (Å²) in [5, 5.41) is 8.00. The minimum absolute atomic E-state index is 0.139. The number of aromatic nitrogens is 5. The highest BCUT2D eigenvalue weighted by Crippen LogP contribution is 2.25. The minimum Gasteiger partial charge on any atom is -0.333 e. The van der Waals surface area contributed by atoms with E-state index in [2.05, 4.69) is 25.4 Å². The third-order valence-electron chi connectivity index (χ3n) is 3.95. The van der Waals surface area contributed by atoms with Crippen LogP contribution in [0.25, 0.3) is 16.9 Å².